The summed E-state index contributed by atoms with van der Waals surface area (Å²) in [5.74, 6) is 0.649. The molecule has 0 spiro atoms. The van der Waals surface area contributed by atoms with E-state index in [1.165, 1.54) is 12.8 Å². The Hall–Kier alpha value is -1.29. The van der Waals surface area contributed by atoms with Crippen LogP contribution in [-0.2, 0) is 4.79 Å². The first-order chi connectivity index (χ1) is 9.54. The second-order valence-corrected chi connectivity index (χ2v) is 6.21. The van der Waals surface area contributed by atoms with Crippen LogP contribution in [0.5, 0.6) is 5.75 Å². The lowest BCUT2D eigenvalue weighted by atomic mass is 9.89. The molecule has 0 unspecified atom stereocenters. The molecular weight excluding hydrogens is 320 g/mol. The second kappa shape index (κ2) is 6.93. The molecule has 4 heteroatoms. The van der Waals surface area contributed by atoms with Gasteiger partial charge in [-0.25, -0.2) is 4.79 Å². The average Bonchev–Trinajstić information content (AvgIpc) is 2.42. The third-order valence-electron chi connectivity index (χ3n) is 3.64. The summed E-state index contributed by atoms with van der Waals surface area (Å²) >= 11 is 3.41. The number of ether oxygens (including phenoxy) is 1. The summed E-state index contributed by atoms with van der Waals surface area (Å²) in [4.78, 5) is 10.6. The molecule has 0 amide bonds. The van der Waals surface area contributed by atoms with E-state index in [0.29, 0.717) is 0 Å². The molecule has 108 valence electrons. The van der Waals surface area contributed by atoms with Crippen LogP contribution in [0.3, 0.4) is 0 Å². The van der Waals surface area contributed by atoms with Crippen molar-refractivity contribution in [2.75, 3.05) is 0 Å². The van der Waals surface area contributed by atoms with E-state index in [1.54, 1.807) is 6.08 Å². The molecule has 1 N–H and O–H groups in total. The van der Waals surface area contributed by atoms with Gasteiger partial charge in [0.2, 0.25) is 0 Å². The molecule has 0 atom stereocenters. The fourth-order valence-corrected chi connectivity index (χ4v) is 2.80. The number of benzene rings is 1. The van der Waals surface area contributed by atoms with Crippen molar-refractivity contribution in [2.45, 2.75) is 38.7 Å². The van der Waals surface area contributed by atoms with Crippen LogP contribution in [0.15, 0.2) is 28.7 Å². The van der Waals surface area contributed by atoms with Gasteiger partial charge in [-0.3, -0.25) is 0 Å². The molecule has 20 heavy (non-hydrogen) atoms. The Balaban J connectivity index is 2.05. The van der Waals surface area contributed by atoms with Crippen molar-refractivity contribution in [1.29, 1.82) is 0 Å². The maximum atomic E-state index is 10.6. The molecule has 0 heterocycles. The molecule has 0 radical (unpaired) electrons. The highest BCUT2D eigenvalue weighted by atomic mass is 79.9. The van der Waals surface area contributed by atoms with Crippen LogP contribution in [0.2, 0.25) is 0 Å². The molecule has 1 aromatic rings. The number of carboxylic acid groups (broad SMARTS) is 1. The number of carboxylic acids is 1. The van der Waals surface area contributed by atoms with Crippen molar-refractivity contribution >= 4 is 28.0 Å². The van der Waals surface area contributed by atoms with E-state index in [4.69, 9.17) is 9.84 Å². The number of hydrogen-bond acceptors (Lipinski definition) is 2. The Morgan fingerprint density at radius 3 is 2.70 bits per heavy atom. The second-order valence-electron chi connectivity index (χ2n) is 5.35. The molecule has 0 aromatic heterocycles. The first kappa shape index (κ1) is 15.1. The van der Waals surface area contributed by atoms with Crippen LogP contribution < -0.4 is 4.74 Å². The van der Waals surface area contributed by atoms with Crippen LogP contribution >= 0.6 is 15.9 Å². The highest BCUT2D eigenvalue weighted by Crippen LogP contribution is 2.29. The van der Waals surface area contributed by atoms with E-state index in [9.17, 15) is 4.79 Å². The normalized spacial score (nSPS) is 22.9. The number of hydrogen-bond donors (Lipinski definition) is 1. The summed E-state index contributed by atoms with van der Waals surface area (Å²) in [5, 5.41) is 8.69. The van der Waals surface area contributed by atoms with Crippen molar-refractivity contribution in [3.63, 3.8) is 0 Å². The molecule has 1 aliphatic rings. The fourth-order valence-electron chi connectivity index (χ4n) is 2.42. The Labute approximate surface area is 127 Å². The van der Waals surface area contributed by atoms with Gasteiger partial charge in [0.1, 0.15) is 5.75 Å². The summed E-state index contributed by atoms with van der Waals surface area (Å²) in [6, 6.07) is 5.68. The van der Waals surface area contributed by atoms with Gasteiger partial charge in [-0.15, -0.1) is 0 Å². The molecular formula is C16H19BrO3. The average molecular weight is 339 g/mol. The minimum absolute atomic E-state index is 0.281. The Morgan fingerprint density at radius 1 is 1.35 bits per heavy atom. The van der Waals surface area contributed by atoms with Crippen LogP contribution in [0, 0.1) is 5.92 Å². The molecule has 3 nitrogen and oxygen atoms in total. The first-order valence-corrected chi connectivity index (χ1v) is 7.71. The zero-order chi connectivity index (χ0) is 14.5. The van der Waals surface area contributed by atoms with Crippen LogP contribution in [0.1, 0.15) is 38.2 Å². The highest BCUT2D eigenvalue weighted by molar-refractivity contribution is 9.10. The lowest BCUT2D eigenvalue weighted by molar-refractivity contribution is -0.131. The number of halogens is 1. The van der Waals surface area contributed by atoms with Gasteiger partial charge in [-0.1, -0.05) is 22.9 Å². The van der Waals surface area contributed by atoms with Crippen molar-refractivity contribution < 1.29 is 14.6 Å². The van der Waals surface area contributed by atoms with Crippen molar-refractivity contribution in [3.8, 4) is 5.75 Å². The van der Waals surface area contributed by atoms with Crippen LogP contribution in [-0.4, -0.2) is 17.2 Å². The van der Waals surface area contributed by atoms with Crippen LogP contribution in [0.25, 0.3) is 6.08 Å². The summed E-state index contributed by atoms with van der Waals surface area (Å²) < 4.78 is 6.86. The van der Waals surface area contributed by atoms with Crippen molar-refractivity contribution in [3.05, 3.63) is 34.3 Å². The third-order valence-corrected chi connectivity index (χ3v) is 4.36. The van der Waals surface area contributed by atoms with Gasteiger partial charge < -0.3 is 9.84 Å². The van der Waals surface area contributed by atoms with E-state index in [2.05, 4.69) is 22.9 Å². The fraction of sp³-hybridized carbons (Fsp3) is 0.438. The molecule has 0 saturated heterocycles. The quantitative estimate of drug-likeness (QED) is 0.822. The standard InChI is InChI=1S/C16H19BrO3/c1-11-2-5-13(6-3-11)20-14-7-8-15(17)12(10-14)4-9-16(18)19/h4,7-11,13H,2-3,5-6H2,1H3,(H,18,19)/b9-4+. The summed E-state index contributed by atoms with van der Waals surface area (Å²) in [6.45, 7) is 2.28. The zero-order valence-electron chi connectivity index (χ0n) is 11.5. The SMILES string of the molecule is CC1CCC(Oc2ccc(Br)c(/C=C/C(=O)O)c2)CC1. The highest BCUT2D eigenvalue weighted by Gasteiger charge is 2.19. The van der Waals surface area contributed by atoms with Crippen LogP contribution in [0.4, 0.5) is 0 Å². The monoisotopic (exact) mass is 338 g/mol. The molecule has 1 aromatic carbocycles. The van der Waals surface area contributed by atoms with E-state index in [1.807, 2.05) is 18.2 Å². The summed E-state index contributed by atoms with van der Waals surface area (Å²) in [5.41, 5.74) is 0.814. The number of aliphatic carboxylic acids is 1. The number of rotatable bonds is 4. The molecule has 0 bridgehead atoms. The maximum absolute atomic E-state index is 10.6. The van der Waals surface area contributed by atoms with Gasteiger partial charge in [0, 0.05) is 10.5 Å². The smallest absolute Gasteiger partial charge is 0.328 e. The molecule has 1 fully saturated rings. The van der Waals surface area contributed by atoms with Crippen molar-refractivity contribution in [1.82, 2.24) is 0 Å². The van der Waals surface area contributed by atoms with Gasteiger partial charge in [0.05, 0.1) is 6.10 Å². The van der Waals surface area contributed by atoms with E-state index < -0.39 is 5.97 Å². The molecule has 2 rings (SSSR count). The predicted octanol–water partition coefficient (Wildman–Crippen LogP) is 4.50. The molecule has 0 aliphatic heterocycles. The molecule has 1 aliphatic carbocycles. The van der Waals surface area contributed by atoms with E-state index in [0.717, 1.165) is 40.6 Å². The van der Waals surface area contributed by atoms with Gasteiger partial charge >= 0.3 is 5.97 Å². The van der Waals surface area contributed by atoms with Gasteiger partial charge in [0.15, 0.2) is 0 Å². The first-order valence-electron chi connectivity index (χ1n) is 6.92. The zero-order valence-corrected chi connectivity index (χ0v) is 13.1. The largest absolute Gasteiger partial charge is 0.490 e. The van der Waals surface area contributed by atoms with Crippen molar-refractivity contribution in [2.24, 2.45) is 5.92 Å². The van der Waals surface area contributed by atoms with E-state index in [-0.39, 0.29) is 6.10 Å². The Bertz CT molecular complexity index is 502. The maximum Gasteiger partial charge on any atom is 0.328 e. The lowest BCUT2D eigenvalue weighted by Crippen LogP contribution is -2.23. The minimum Gasteiger partial charge on any atom is -0.490 e. The van der Waals surface area contributed by atoms with Gasteiger partial charge in [-0.2, -0.15) is 0 Å². The summed E-state index contributed by atoms with van der Waals surface area (Å²) in [7, 11) is 0. The lowest BCUT2D eigenvalue weighted by Gasteiger charge is -2.27. The Morgan fingerprint density at radius 2 is 2.05 bits per heavy atom. The van der Waals surface area contributed by atoms with E-state index >= 15 is 0 Å². The Kier molecular flexibility index (Phi) is 5.24. The topological polar surface area (TPSA) is 46.5 Å². The molecule has 1 saturated carbocycles. The third kappa shape index (κ3) is 4.37. The van der Waals surface area contributed by atoms with Gasteiger partial charge in [-0.05, 0) is 61.4 Å². The number of carbonyl (C=O) groups is 1. The summed E-state index contributed by atoms with van der Waals surface area (Å²) in [6.07, 6.45) is 7.60. The minimum atomic E-state index is -0.954. The predicted molar refractivity (Wildman–Crippen MR) is 82.9 cm³/mol. The van der Waals surface area contributed by atoms with Gasteiger partial charge in [0.25, 0.3) is 0 Å².